The van der Waals surface area contributed by atoms with Gasteiger partial charge in [0.15, 0.2) is 11.5 Å². The standard InChI is InChI=1S/C22H23N5O3/c1-14-9-16(3)27(25-14)12-15(2)24-22(28)20-10-18(30-26-20)13-29-21-6-4-5-17-11-23-8-7-19(17)21/h4-11,15H,12-13H2,1-3H3,(H,24,28). The molecule has 8 nitrogen and oxygen atoms in total. The van der Waals surface area contributed by atoms with Gasteiger partial charge in [-0.05, 0) is 39.0 Å². The van der Waals surface area contributed by atoms with Gasteiger partial charge < -0.3 is 14.6 Å². The highest BCUT2D eigenvalue weighted by atomic mass is 16.5. The van der Waals surface area contributed by atoms with Crippen LogP contribution in [-0.4, -0.2) is 31.9 Å². The van der Waals surface area contributed by atoms with Crippen molar-refractivity contribution in [2.45, 2.75) is 40.0 Å². The van der Waals surface area contributed by atoms with Crippen LogP contribution < -0.4 is 10.1 Å². The van der Waals surface area contributed by atoms with Gasteiger partial charge in [-0.2, -0.15) is 5.10 Å². The highest BCUT2D eigenvalue weighted by Crippen LogP contribution is 2.25. The van der Waals surface area contributed by atoms with E-state index in [1.165, 1.54) is 0 Å². The summed E-state index contributed by atoms with van der Waals surface area (Å²) in [6.07, 6.45) is 3.51. The van der Waals surface area contributed by atoms with Crippen LogP contribution in [0.1, 0.15) is 34.6 Å². The van der Waals surface area contributed by atoms with Gasteiger partial charge in [-0.25, -0.2) is 0 Å². The minimum Gasteiger partial charge on any atom is -0.485 e. The van der Waals surface area contributed by atoms with E-state index in [4.69, 9.17) is 9.26 Å². The van der Waals surface area contributed by atoms with Crippen molar-refractivity contribution in [3.05, 3.63) is 71.6 Å². The number of amides is 1. The molecule has 0 saturated heterocycles. The SMILES string of the molecule is Cc1cc(C)n(CC(C)NC(=O)c2cc(COc3cccc4cnccc34)on2)n1. The molecule has 30 heavy (non-hydrogen) atoms. The quantitative estimate of drug-likeness (QED) is 0.506. The highest BCUT2D eigenvalue weighted by Gasteiger charge is 2.16. The van der Waals surface area contributed by atoms with Crippen LogP contribution in [0.15, 0.2) is 53.3 Å². The molecule has 1 unspecified atom stereocenters. The highest BCUT2D eigenvalue weighted by molar-refractivity contribution is 5.92. The number of pyridine rings is 1. The van der Waals surface area contributed by atoms with E-state index in [0.29, 0.717) is 12.3 Å². The van der Waals surface area contributed by atoms with Gasteiger partial charge in [0.1, 0.15) is 12.4 Å². The fraction of sp³-hybridized carbons (Fsp3) is 0.273. The molecule has 0 fully saturated rings. The summed E-state index contributed by atoms with van der Waals surface area (Å²) in [4.78, 5) is 16.6. The average molecular weight is 405 g/mol. The fourth-order valence-corrected chi connectivity index (χ4v) is 3.32. The van der Waals surface area contributed by atoms with Gasteiger partial charge in [-0.3, -0.25) is 14.5 Å². The second-order valence-corrected chi connectivity index (χ2v) is 7.30. The van der Waals surface area contributed by atoms with Gasteiger partial charge in [0.05, 0.1) is 12.2 Å². The third kappa shape index (κ3) is 4.32. The Kier molecular flexibility index (Phi) is 5.47. The Labute approximate surface area is 173 Å². The Balaban J connectivity index is 1.36. The molecule has 1 atom stereocenters. The average Bonchev–Trinajstić information content (AvgIpc) is 3.32. The third-order valence-corrected chi connectivity index (χ3v) is 4.73. The van der Waals surface area contributed by atoms with Crippen LogP contribution in [0.25, 0.3) is 10.8 Å². The number of carbonyl (C=O) groups excluding carboxylic acids is 1. The van der Waals surface area contributed by atoms with Gasteiger partial charge in [0.2, 0.25) is 0 Å². The molecular formula is C22H23N5O3. The number of benzene rings is 1. The van der Waals surface area contributed by atoms with Crippen LogP contribution in [-0.2, 0) is 13.2 Å². The topological polar surface area (TPSA) is 95.1 Å². The van der Waals surface area contributed by atoms with E-state index in [1.54, 1.807) is 18.5 Å². The molecule has 4 rings (SSSR count). The number of aromatic nitrogens is 4. The summed E-state index contributed by atoms with van der Waals surface area (Å²) in [5.74, 6) is 0.892. The molecule has 0 aliphatic rings. The summed E-state index contributed by atoms with van der Waals surface area (Å²) in [5.41, 5.74) is 2.23. The lowest BCUT2D eigenvalue weighted by Crippen LogP contribution is -2.36. The summed E-state index contributed by atoms with van der Waals surface area (Å²) in [5, 5.41) is 13.2. The number of hydrogen-bond donors (Lipinski definition) is 1. The molecule has 0 saturated carbocycles. The van der Waals surface area contributed by atoms with Crippen molar-refractivity contribution in [3.8, 4) is 5.75 Å². The van der Waals surface area contributed by atoms with Crippen LogP contribution >= 0.6 is 0 Å². The minimum absolute atomic E-state index is 0.115. The van der Waals surface area contributed by atoms with Crippen LogP contribution in [0.3, 0.4) is 0 Å². The molecule has 1 amide bonds. The monoisotopic (exact) mass is 405 g/mol. The first kappa shape index (κ1) is 19.6. The number of nitrogens with zero attached hydrogens (tertiary/aromatic N) is 4. The summed E-state index contributed by atoms with van der Waals surface area (Å²) < 4.78 is 13.0. The van der Waals surface area contributed by atoms with Crippen LogP contribution in [0.4, 0.5) is 0 Å². The third-order valence-electron chi connectivity index (χ3n) is 4.73. The van der Waals surface area contributed by atoms with Crippen LogP contribution in [0, 0.1) is 13.8 Å². The van der Waals surface area contributed by atoms with Gasteiger partial charge in [0.25, 0.3) is 5.91 Å². The molecule has 4 aromatic rings. The van der Waals surface area contributed by atoms with Crippen molar-refractivity contribution >= 4 is 16.7 Å². The lowest BCUT2D eigenvalue weighted by molar-refractivity contribution is 0.0926. The summed E-state index contributed by atoms with van der Waals surface area (Å²) in [7, 11) is 0. The molecule has 0 aliphatic carbocycles. The number of nitrogens with one attached hydrogen (secondary N) is 1. The fourth-order valence-electron chi connectivity index (χ4n) is 3.32. The molecule has 1 N–H and O–H groups in total. The number of carbonyl (C=O) groups is 1. The van der Waals surface area contributed by atoms with Gasteiger partial charge in [0, 0.05) is 41.0 Å². The first-order valence-electron chi connectivity index (χ1n) is 9.72. The van der Waals surface area contributed by atoms with E-state index in [2.05, 4.69) is 20.6 Å². The van der Waals surface area contributed by atoms with E-state index in [9.17, 15) is 4.79 Å². The maximum Gasteiger partial charge on any atom is 0.273 e. The maximum atomic E-state index is 12.5. The first-order valence-corrected chi connectivity index (χ1v) is 9.72. The zero-order valence-electron chi connectivity index (χ0n) is 17.1. The molecule has 0 spiro atoms. The molecule has 3 aromatic heterocycles. The van der Waals surface area contributed by atoms with Gasteiger partial charge in [-0.15, -0.1) is 0 Å². The lowest BCUT2D eigenvalue weighted by Gasteiger charge is -2.14. The summed E-state index contributed by atoms with van der Waals surface area (Å²) in [6, 6.07) is 11.1. The largest absolute Gasteiger partial charge is 0.485 e. The Hall–Kier alpha value is -3.68. The molecule has 1 aromatic carbocycles. The van der Waals surface area contributed by atoms with Crippen molar-refractivity contribution in [2.75, 3.05) is 0 Å². The van der Waals surface area contributed by atoms with Gasteiger partial charge in [-0.1, -0.05) is 17.3 Å². The molecular weight excluding hydrogens is 382 g/mol. The number of hydrogen-bond acceptors (Lipinski definition) is 6. The van der Waals surface area contributed by atoms with Crippen molar-refractivity contribution in [3.63, 3.8) is 0 Å². The molecule has 0 bridgehead atoms. The summed E-state index contributed by atoms with van der Waals surface area (Å²) in [6.45, 7) is 6.61. The molecule has 0 radical (unpaired) electrons. The lowest BCUT2D eigenvalue weighted by atomic mass is 10.1. The Morgan fingerprint density at radius 3 is 2.93 bits per heavy atom. The second kappa shape index (κ2) is 8.36. The number of aryl methyl sites for hydroxylation is 2. The van der Waals surface area contributed by atoms with Crippen molar-refractivity contribution in [1.29, 1.82) is 0 Å². The Bertz CT molecular complexity index is 1180. The van der Waals surface area contributed by atoms with Crippen molar-refractivity contribution < 1.29 is 14.1 Å². The zero-order valence-corrected chi connectivity index (χ0v) is 17.1. The van der Waals surface area contributed by atoms with Crippen LogP contribution in [0.2, 0.25) is 0 Å². The van der Waals surface area contributed by atoms with E-state index < -0.39 is 0 Å². The van der Waals surface area contributed by atoms with Crippen LogP contribution in [0.5, 0.6) is 5.75 Å². The number of ether oxygens (including phenoxy) is 1. The zero-order chi connectivity index (χ0) is 21.1. The normalized spacial score (nSPS) is 12.1. The smallest absolute Gasteiger partial charge is 0.273 e. The molecule has 154 valence electrons. The van der Waals surface area contributed by atoms with Crippen molar-refractivity contribution in [1.82, 2.24) is 25.2 Å². The molecule has 3 heterocycles. The predicted octanol–water partition coefficient (Wildman–Crippen LogP) is 3.43. The first-order chi connectivity index (χ1) is 14.5. The van der Waals surface area contributed by atoms with E-state index in [1.807, 2.05) is 55.8 Å². The predicted molar refractivity (Wildman–Crippen MR) is 111 cm³/mol. The van der Waals surface area contributed by atoms with E-state index in [-0.39, 0.29) is 24.2 Å². The summed E-state index contributed by atoms with van der Waals surface area (Å²) >= 11 is 0. The van der Waals surface area contributed by atoms with E-state index in [0.717, 1.165) is 27.9 Å². The minimum atomic E-state index is -0.296. The molecule has 8 heteroatoms. The van der Waals surface area contributed by atoms with Crippen molar-refractivity contribution in [2.24, 2.45) is 0 Å². The number of rotatable bonds is 7. The Morgan fingerprint density at radius 1 is 1.27 bits per heavy atom. The second-order valence-electron chi connectivity index (χ2n) is 7.30. The maximum absolute atomic E-state index is 12.5. The molecule has 0 aliphatic heterocycles. The number of fused-ring (bicyclic) bond motifs is 1. The van der Waals surface area contributed by atoms with E-state index >= 15 is 0 Å². The van der Waals surface area contributed by atoms with Gasteiger partial charge >= 0.3 is 0 Å². The Morgan fingerprint density at radius 2 is 2.13 bits per heavy atom.